The van der Waals surface area contributed by atoms with E-state index in [1.165, 1.54) is 6.92 Å². The molecule has 0 radical (unpaired) electrons. The number of aromatic nitrogens is 2. The fraction of sp³-hybridized carbons (Fsp3) is 0.444. The van der Waals surface area contributed by atoms with Gasteiger partial charge in [0.15, 0.2) is 0 Å². The smallest absolute Gasteiger partial charge is 0.410 e. The van der Waals surface area contributed by atoms with Gasteiger partial charge in [0.1, 0.15) is 0 Å². The normalized spacial score (nSPS) is 22.4. The van der Waals surface area contributed by atoms with E-state index in [1.54, 1.807) is 18.3 Å². The summed E-state index contributed by atoms with van der Waals surface area (Å²) in [6.07, 6.45) is 5.55. The Morgan fingerprint density at radius 1 is 1.23 bits per heavy atom. The number of alkyl carbamates (subject to hydrolysis) is 1. The molecule has 0 atom stereocenters. The van der Waals surface area contributed by atoms with Gasteiger partial charge in [-0.2, -0.15) is 0 Å². The van der Waals surface area contributed by atoms with Crippen molar-refractivity contribution in [1.29, 1.82) is 0 Å². The number of hydrogen-bond acceptors (Lipinski definition) is 10. The molecule has 11 nitrogen and oxygen atoms in total. The second kappa shape index (κ2) is 10.1. The summed E-state index contributed by atoms with van der Waals surface area (Å²) >= 11 is 0.833. The van der Waals surface area contributed by atoms with Gasteiger partial charge in [0.25, 0.3) is 11.1 Å². The molecule has 0 aromatic carbocycles. The Hall–Kier alpha value is -3.15. The maximum atomic E-state index is 11.7. The Bertz CT molecular complexity index is 868. The van der Waals surface area contributed by atoms with Gasteiger partial charge in [-0.1, -0.05) is 0 Å². The van der Waals surface area contributed by atoms with Crippen LogP contribution in [0.4, 0.5) is 15.5 Å². The zero-order valence-corrected chi connectivity index (χ0v) is 17.0. The minimum atomic E-state index is -0.621. The first-order valence-corrected chi connectivity index (χ1v) is 10.1. The van der Waals surface area contributed by atoms with Crippen LogP contribution in [-0.2, 0) is 19.1 Å². The molecule has 1 aliphatic heterocycles. The van der Waals surface area contributed by atoms with Crippen molar-refractivity contribution in [3.63, 3.8) is 0 Å². The SMILES string of the molecule is CC(=O)OCOC(=O)N[C@H]1CC[C@H](Nc2nccc(/C=C3\SC(=O)NC3=O)n2)CC1. The van der Waals surface area contributed by atoms with Crippen LogP contribution in [0.25, 0.3) is 6.08 Å². The Kier molecular flexibility index (Phi) is 7.22. The van der Waals surface area contributed by atoms with E-state index in [-0.39, 0.29) is 17.0 Å². The predicted molar refractivity (Wildman–Crippen MR) is 107 cm³/mol. The van der Waals surface area contributed by atoms with Gasteiger partial charge in [-0.15, -0.1) is 0 Å². The molecule has 2 fully saturated rings. The molecule has 2 heterocycles. The molecule has 3 amide bonds. The average molecular weight is 435 g/mol. The number of amides is 3. The van der Waals surface area contributed by atoms with Crippen molar-refractivity contribution in [3.05, 3.63) is 22.9 Å². The number of carbonyl (C=O) groups is 4. The molecule has 2 aliphatic rings. The van der Waals surface area contributed by atoms with Crippen molar-refractivity contribution < 1.29 is 28.7 Å². The van der Waals surface area contributed by atoms with Crippen molar-refractivity contribution in [2.24, 2.45) is 0 Å². The molecule has 3 N–H and O–H groups in total. The molecule has 30 heavy (non-hydrogen) atoms. The van der Waals surface area contributed by atoms with Gasteiger partial charge in [-0.25, -0.2) is 14.8 Å². The number of rotatable bonds is 6. The maximum Gasteiger partial charge on any atom is 0.410 e. The lowest BCUT2D eigenvalue weighted by atomic mass is 9.91. The van der Waals surface area contributed by atoms with Gasteiger partial charge in [0.2, 0.25) is 12.7 Å². The molecule has 0 unspecified atom stereocenters. The van der Waals surface area contributed by atoms with Crippen molar-refractivity contribution in [2.75, 3.05) is 12.1 Å². The molecule has 3 rings (SSSR count). The van der Waals surface area contributed by atoms with E-state index in [1.807, 2.05) is 0 Å². The molecule has 1 aromatic heterocycles. The van der Waals surface area contributed by atoms with E-state index in [0.717, 1.165) is 37.4 Å². The first-order valence-electron chi connectivity index (χ1n) is 9.30. The largest absolute Gasteiger partial charge is 0.428 e. The summed E-state index contributed by atoms with van der Waals surface area (Å²) in [5.41, 5.74) is 0.519. The molecule has 1 saturated carbocycles. The fourth-order valence-corrected chi connectivity index (χ4v) is 3.68. The monoisotopic (exact) mass is 435 g/mol. The summed E-state index contributed by atoms with van der Waals surface area (Å²) in [7, 11) is 0. The van der Waals surface area contributed by atoms with Crippen LogP contribution in [0, 0.1) is 0 Å². The number of imide groups is 1. The third kappa shape index (κ3) is 6.44. The van der Waals surface area contributed by atoms with Crippen molar-refractivity contribution >= 4 is 47.0 Å². The maximum absolute atomic E-state index is 11.7. The predicted octanol–water partition coefficient (Wildman–Crippen LogP) is 1.77. The van der Waals surface area contributed by atoms with Crippen LogP contribution in [-0.4, -0.2) is 52.1 Å². The van der Waals surface area contributed by atoms with Crippen LogP contribution in [0.3, 0.4) is 0 Å². The summed E-state index contributed by atoms with van der Waals surface area (Å²) in [6.45, 7) is 0.827. The Morgan fingerprint density at radius 2 is 1.97 bits per heavy atom. The molecule has 0 spiro atoms. The van der Waals surface area contributed by atoms with Crippen LogP contribution in [0.2, 0.25) is 0 Å². The van der Waals surface area contributed by atoms with E-state index in [0.29, 0.717) is 11.6 Å². The minimum absolute atomic E-state index is 0.0275. The number of anilines is 1. The topological polar surface area (TPSA) is 149 Å². The van der Waals surface area contributed by atoms with Gasteiger partial charge < -0.3 is 20.1 Å². The zero-order valence-electron chi connectivity index (χ0n) is 16.2. The average Bonchev–Trinajstić information content (AvgIpc) is 3.00. The van der Waals surface area contributed by atoms with Gasteiger partial charge >= 0.3 is 12.1 Å². The summed E-state index contributed by atoms with van der Waals surface area (Å²) in [4.78, 5) is 54.1. The zero-order chi connectivity index (χ0) is 21.5. The van der Waals surface area contributed by atoms with E-state index >= 15 is 0 Å². The Balaban J connectivity index is 1.45. The van der Waals surface area contributed by atoms with Crippen LogP contribution < -0.4 is 16.0 Å². The van der Waals surface area contributed by atoms with Crippen LogP contribution in [0.15, 0.2) is 17.2 Å². The highest BCUT2D eigenvalue weighted by atomic mass is 32.2. The second-order valence-electron chi connectivity index (χ2n) is 6.68. The highest BCUT2D eigenvalue weighted by Crippen LogP contribution is 2.25. The van der Waals surface area contributed by atoms with Gasteiger partial charge in [-0.05, 0) is 49.6 Å². The van der Waals surface area contributed by atoms with Crippen molar-refractivity contribution in [1.82, 2.24) is 20.6 Å². The summed E-state index contributed by atoms with van der Waals surface area (Å²) in [6, 6.07) is 1.76. The van der Waals surface area contributed by atoms with Crippen LogP contribution >= 0.6 is 11.8 Å². The Labute approximate surface area is 176 Å². The number of thioether (sulfide) groups is 1. The summed E-state index contributed by atoms with van der Waals surface area (Å²) < 4.78 is 9.33. The number of carbonyl (C=O) groups excluding carboxylic acids is 4. The number of nitrogens with one attached hydrogen (secondary N) is 3. The molecule has 160 valence electrons. The van der Waals surface area contributed by atoms with E-state index in [2.05, 4.69) is 30.7 Å². The molecule has 1 saturated heterocycles. The second-order valence-corrected chi connectivity index (χ2v) is 7.69. The quantitative estimate of drug-likeness (QED) is 0.343. The number of ether oxygens (including phenoxy) is 2. The van der Waals surface area contributed by atoms with Crippen molar-refractivity contribution in [2.45, 2.75) is 44.7 Å². The lowest BCUT2D eigenvalue weighted by molar-refractivity contribution is -0.149. The van der Waals surface area contributed by atoms with Gasteiger partial charge in [0.05, 0.1) is 10.6 Å². The third-order valence-electron chi connectivity index (χ3n) is 4.43. The van der Waals surface area contributed by atoms with E-state index in [4.69, 9.17) is 4.74 Å². The minimum Gasteiger partial charge on any atom is -0.428 e. The summed E-state index contributed by atoms with van der Waals surface area (Å²) in [5, 5.41) is 7.80. The third-order valence-corrected chi connectivity index (χ3v) is 5.24. The number of nitrogens with zero attached hydrogens (tertiary/aromatic N) is 2. The summed E-state index contributed by atoms with van der Waals surface area (Å²) in [5.74, 6) is -0.526. The number of hydrogen-bond donors (Lipinski definition) is 3. The molecule has 0 bridgehead atoms. The van der Waals surface area contributed by atoms with Crippen molar-refractivity contribution in [3.8, 4) is 0 Å². The molecular formula is C18H21N5O6S. The first kappa shape index (κ1) is 21.6. The van der Waals surface area contributed by atoms with E-state index < -0.39 is 30.0 Å². The fourth-order valence-electron chi connectivity index (χ4n) is 3.02. The molecule has 1 aliphatic carbocycles. The number of esters is 1. The highest BCUT2D eigenvalue weighted by molar-refractivity contribution is 8.18. The standard InChI is InChI=1S/C18H21N5O6S/c1-10(24)28-9-29-17(26)22-12-4-2-11(3-5-12)20-16-19-7-6-13(21-16)8-14-15(25)23-18(27)30-14/h6-8,11-12H,2-5,9H2,1H3,(H,22,26)(H,19,20,21)(H,23,25,27)/b14-8-/t11-,12-. The molecular weight excluding hydrogens is 414 g/mol. The van der Waals surface area contributed by atoms with Crippen LogP contribution in [0.5, 0.6) is 0 Å². The first-order chi connectivity index (χ1) is 14.4. The van der Waals surface area contributed by atoms with Gasteiger partial charge in [-0.3, -0.25) is 19.7 Å². The van der Waals surface area contributed by atoms with E-state index in [9.17, 15) is 19.2 Å². The van der Waals surface area contributed by atoms with Gasteiger partial charge in [0, 0.05) is 25.2 Å². The molecule has 12 heteroatoms. The Morgan fingerprint density at radius 3 is 2.63 bits per heavy atom. The highest BCUT2D eigenvalue weighted by Gasteiger charge is 2.26. The molecule has 1 aromatic rings. The lowest BCUT2D eigenvalue weighted by Gasteiger charge is -2.29. The lowest BCUT2D eigenvalue weighted by Crippen LogP contribution is -2.40. The van der Waals surface area contributed by atoms with Crippen LogP contribution in [0.1, 0.15) is 38.3 Å².